The first-order valence-corrected chi connectivity index (χ1v) is 17.5. The fourth-order valence-electron chi connectivity index (χ4n) is 7.13. The Morgan fingerprint density at radius 2 is 0.627 bits per heavy atom. The average molecular weight is 691 g/mol. The Bertz CT molecular complexity index is 1560. The molecule has 0 N–H and O–H groups in total. The monoisotopic (exact) mass is 690 g/mol. The van der Waals surface area contributed by atoms with Crippen LogP contribution in [0.5, 0.6) is 0 Å². The van der Waals surface area contributed by atoms with Crippen molar-refractivity contribution in [2.24, 2.45) is 0 Å². The molecule has 1 saturated heterocycles. The van der Waals surface area contributed by atoms with Crippen LogP contribution in [0.4, 0.5) is 0 Å². The highest BCUT2D eigenvalue weighted by Gasteiger charge is 2.44. The molecular formula is C42H42O9. The van der Waals surface area contributed by atoms with Crippen molar-refractivity contribution in [3.8, 4) is 0 Å². The molecule has 12 atom stereocenters. The predicted molar refractivity (Wildman–Crippen MR) is 188 cm³/mol. The van der Waals surface area contributed by atoms with E-state index in [1.165, 1.54) is 0 Å². The van der Waals surface area contributed by atoms with Crippen LogP contribution in [0.3, 0.4) is 0 Å². The number of carbonyl (C=O) groups excluding carboxylic acids is 3. The SMILES string of the molecule is C[C@@H]1OC(=O)[C@H]2O[C@H](C=C[C@H]2c2ccccc2)[C@H](C)OC(=O)[C@H]2O[C@H](C=C[C@H]2c2ccccc2)[C@H](C)OC(=O)[C@H]2O[C@@H]1C=C[C@H]2c1ccccc1. The van der Waals surface area contributed by atoms with Crippen molar-refractivity contribution >= 4 is 17.9 Å². The first-order valence-electron chi connectivity index (χ1n) is 17.5. The molecule has 4 aliphatic heterocycles. The molecule has 3 aromatic carbocycles. The zero-order valence-corrected chi connectivity index (χ0v) is 28.7. The van der Waals surface area contributed by atoms with Gasteiger partial charge in [-0.1, -0.05) is 127 Å². The molecule has 0 aliphatic carbocycles. The van der Waals surface area contributed by atoms with E-state index in [1.54, 1.807) is 20.8 Å². The maximum atomic E-state index is 14.0. The fourth-order valence-corrected chi connectivity index (χ4v) is 7.13. The summed E-state index contributed by atoms with van der Waals surface area (Å²) in [7, 11) is 0. The maximum absolute atomic E-state index is 14.0. The van der Waals surface area contributed by atoms with E-state index in [0.29, 0.717) is 0 Å². The van der Waals surface area contributed by atoms with E-state index < -0.39 is 90.6 Å². The van der Waals surface area contributed by atoms with E-state index in [-0.39, 0.29) is 0 Å². The van der Waals surface area contributed by atoms with Crippen molar-refractivity contribution < 1.29 is 42.8 Å². The predicted octanol–water partition coefficient (Wildman–Crippen LogP) is 6.12. The van der Waals surface area contributed by atoms with E-state index in [4.69, 9.17) is 28.4 Å². The van der Waals surface area contributed by atoms with Gasteiger partial charge in [-0.2, -0.15) is 0 Å². The highest BCUT2D eigenvalue weighted by Crippen LogP contribution is 2.36. The molecule has 4 aliphatic rings. The summed E-state index contributed by atoms with van der Waals surface area (Å²) < 4.78 is 37.4. The Morgan fingerprint density at radius 3 is 0.882 bits per heavy atom. The second-order valence-corrected chi connectivity index (χ2v) is 13.5. The molecule has 0 aromatic heterocycles. The molecule has 264 valence electrons. The maximum Gasteiger partial charge on any atom is 0.336 e. The number of rotatable bonds is 3. The fraction of sp³-hybridized carbons (Fsp3) is 0.357. The summed E-state index contributed by atoms with van der Waals surface area (Å²) in [5.41, 5.74) is 2.59. The number of esters is 3. The highest BCUT2D eigenvalue weighted by molar-refractivity contribution is 5.79. The third-order valence-electron chi connectivity index (χ3n) is 9.96. The van der Waals surface area contributed by atoms with Gasteiger partial charge < -0.3 is 28.4 Å². The number of fused-ring (bicyclic) bond motifs is 6. The lowest BCUT2D eigenvalue weighted by Crippen LogP contribution is -2.49. The van der Waals surface area contributed by atoms with Gasteiger partial charge in [-0.25, -0.2) is 14.4 Å². The molecule has 0 saturated carbocycles. The molecule has 9 nitrogen and oxygen atoms in total. The standard InChI is InChI=1S/C42H42O9/c1-25-34-22-19-31(28-13-7-4-8-14-28)38(49-34)41(44)47-27(3)36-24-21-33(30-17-11-6-12-18-30)39(51-36)42(45)48-26(2)35-23-20-32(29-15-9-5-10-16-29)37(50-35)40(43)46-25/h4-27,31-39H,1-3H3/t25-,26-,27-,31-,32-,33-,34+,35+,36+,37-,38-,39-/m0/s1. The number of carbonyl (C=O) groups is 3. The van der Waals surface area contributed by atoms with Gasteiger partial charge in [-0.3, -0.25) is 0 Å². The Labute approximate surface area is 297 Å². The topological polar surface area (TPSA) is 107 Å². The van der Waals surface area contributed by atoms with E-state index >= 15 is 0 Å². The van der Waals surface area contributed by atoms with Gasteiger partial charge in [-0.05, 0) is 37.5 Å². The molecule has 6 bridgehead atoms. The summed E-state index contributed by atoms with van der Waals surface area (Å²) in [4.78, 5) is 42.0. The molecule has 0 unspecified atom stereocenters. The lowest BCUT2D eigenvalue weighted by Gasteiger charge is -2.38. The quantitative estimate of drug-likeness (QED) is 0.183. The molecule has 51 heavy (non-hydrogen) atoms. The van der Waals surface area contributed by atoms with Crippen molar-refractivity contribution in [1.82, 2.24) is 0 Å². The molecule has 3 aromatic rings. The molecule has 0 radical (unpaired) electrons. The number of ether oxygens (including phenoxy) is 6. The van der Waals surface area contributed by atoms with Gasteiger partial charge >= 0.3 is 17.9 Å². The minimum Gasteiger partial charge on any atom is -0.458 e. The van der Waals surface area contributed by atoms with Gasteiger partial charge in [0, 0.05) is 17.8 Å². The average Bonchev–Trinajstić information content (AvgIpc) is 3.17. The minimum absolute atomic E-state index is 0.458. The normalized spacial score (nSPS) is 35.5. The van der Waals surface area contributed by atoms with Gasteiger partial charge in [0.2, 0.25) is 0 Å². The van der Waals surface area contributed by atoms with Gasteiger partial charge in [0.25, 0.3) is 0 Å². The third-order valence-corrected chi connectivity index (χ3v) is 9.96. The van der Waals surface area contributed by atoms with Gasteiger partial charge in [-0.15, -0.1) is 0 Å². The lowest BCUT2D eigenvalue weighted by molar-refractivity contribution is -0.193. The first kappa shape index (κ1) is 34.6. The first-order chi connectivity index (χ1) is 24.8. The number of hydrogen-bond donors (Lipinski definition) is 0. The lowest BCUT2D eigenvalue weighted by atomic mass is 9.88. The van der Waals surface area contributed by atoms with E-state index in [0.717, 1.165) is 16.7 Å². The van der Waals surface area contributed by atoms with Crippen molar-refractivity contribution in [2.75, 3.05) is 0 Å². The molecule has 4 heterocycles. The van der Waals surface area contributed by atoms with Crippen LogP contribution in [0.15, 0.2) is 127 Å². The van der Waals surface area contributed by atoms with E-state index in [1.807, 2.05) is 127 Å². The van der Waals surface area contributed by atoms with Crippen LogP contribution >= 0.6 is 0 Å². The summed E-state index contributed by atoms with van der Waals surface area (Å²) in [5.74, 6) is -3.19. The summed E-state index contributed by atoms with van der Waals surface area (Å²) >= 11 is 0. The second-order valence-electron chi connectivity index (χ2n) is 13.5. The molecular weight excluding hydrogens is 648 g/mol. The summed E-state index contributed by atoms with van der Waals surface area (Å²) in [6.07, 6.45) is 3.46. The van der Waals surface area contributed by atoms with Crippen LogP contribution in [0.1, 0.15) is 55.2 Å². The van der Waals surface area contributed by atoms with Crippen molar-refractivity contribution in [2.45, 2.75) is 93.5 Å². The summed E-state index contributed by atoms with van der Waals surface area (Å²) in [6, 6.07) is 28.6. The van der Waals surface area contributed by atoms with Crippen LogP contribution in [-0.2, 0) is 42.8 Å². The molecule has 9 heteroatoms. The van der Waals surface area contributed by atoms with Gasteiger partial charge in [0.15, 0.2) is 18.3 Å². The van der Waals surface area contributed by atoms with Crippen LogP contribution in [0.2, 0.25) is 0 Å². The van der Waals surface area contributed by atoms with E-state index in [9.17, 15) is 14.4 Å². The Hall–Kier alpha value is -4.83. The molecule has 0 spiro atoms. The van der Waals surface area contributed by atoms with Crippen molar-refractivity contribution in [3.05, 3.63) is 144 Å². The van der Waals surface area contributed by atoms with E-state index in [2.05, 4.69) is 0 Å². The van der Waals surface area contributed by atoms with Crippen LogP contribution < -0.4 is 0 Å². The highest BCUT2D eigenvalue weighted by atomic mass is 16.6. The van der Waals surface area contributed by atoms with Crippen LogP contribution in [0, 0.1) is 0 Å². The Balaban J connectivity index is 1.26. The van der Waals surface area contributed by atoms with Crippen molar-refractivity contribution in [3.63, 3.8) is 0 Å². The third kappa shape index (κ3) is 7.47. The largest absolute Gasteiger partial charge is 0.458 e. The second kappa shape index (κ2) is 15.2. The zero-order valence-electron chi connectivity index (χ0n) is 28.7. The summed E-state index contributed by atoms with van der Waals surface area (Å²) in [5, 5.41) is 0. The van der Waals surface area contributed by atoms with Crippen molar-refractivity contribution in [1.29, 1.82) is 0 Å². The Morgan fingerprint density at radius 1 is 0.373 bits per heavy atom. The minimum atomic E-state index is -1.05. The van der Waals surface area contributed by atoms with Crippen LogP contribution in [-0.4, -0.2) is 72.8 Å². The number of hydrogen-bond acceptors (Lipinski definition) is 9. The molecule has 1 fully saturated rings. The van der Waals surface area contributed by atoms with Crippen LogP contribution in [0.25, 0.3) is 0 Å². The number of benzene rings is 3. The zero-order chi connectivity index (χ0) is 35.5. The van der Waals surface area contributed by atoms with Gasteiger partial charge in [0.1, 0.15) is 36.6 Å². The molecule has 0 amide bonds. The smallest absolute Gasteiger partial charge is 0.336 e. The Kier molecular flexibility index (Phi) is 10.3. The van der Waals surface area contributed by atoms with Gasteiger partial charge in [0.05, 0.1) is 0 Å². The molecule has 7 rings (SSSR count). The summed E-state index contributed by atoms with van der Waals surface area (Å²) in [6.45, 7) is 5.17. The number of cyclic esters (lactones) is 3.